The summed E-state index contributed by atoms with van der Waals surface area (Å²) in [4.78, 5) is 4.23. The molecule has 0 aliphatic rings. The van der Waals surface area contributed by atoms with E-state index in [1.807, 2.05) is 6.92 Å². The van der Waals surface area contributed by atoms with Gasteiger partial charge in [0, 0.05) is 6.20 Å². The van der Waals surface area contributed by atoms with Gasteiger partial charge in [-0.1, -0.05) is 18.5 Å². The standard InChI is InChI=1S/C15H15ClF2N2/c1-2-19-14(15-12(16)4-3-7-20-15)9-10-8-11(17)5-6-13(10)18/h3-8,14,19H,2,9H2,1H3. The molecule has 0 fully saturated rings. The highest BCUT2D eigenvalue weighted by molar-refractivity contribution is 6.31. The van der Waals surface area contributed by atoms with Crippen molar-refractivity contribution in [3.8, 4) is 0 Å². The van der Waals surface area contributed by atoms with Crippen molar-refractivity contribution in [2.75, 3.05) is 6.54 Å². The van der Waals surface area contributed by atoms with Gasteiger partial charge >= 0.3 is 0 Å². The molecule has 0 aliphatic carbocycles. The van der Waals surface area contributed by atoms with Crippen LogP contribution >= 0.6 is 11.6 Å². The normalized spacial score (nSPS) is 12.4. The SMILES string of the molecule is CCNC(Cc1cc(F)ccc1F)c1ncccc1Cl. The van der Waals surface area contributed by atoms with E-state index >= 15 is 0 Å². The van der Waals surface area contributed by atoms with Crippen LogP contribution in [0.3, 0.4) is 0 Å². The van der Waals surface area contributed by atoms with Crippen LogP contribution in [-0.4, -0.2) is 11.5 Å². The van der Waals surface area contributed by atoms with Gasteiger partial charge in [0.05, 0.1) is 16.8 Å². The van der Waals surface area contributed by atoms with Gasteiger partial charge in [-0.3, -0.25) is 4.98 Å². The van der Waals surface area contributed by atoms with Gasteiger partial charge in [-0.05, 0) is 48.9 Å². The van der Waals surface area contributed by atoms with E-state index < -0.39 is 11.6 Å². The lowest BCUT2D eigenvalue weighted by atomic mass is 10.0. The van der Waals surface area contributed by atoms with Crippen LogP contribution in [-0.2, 0) is 6.42 Å². The van der Waals surface area contributed by atoms with Crippen molar-refractivity contribution in [2.24, 2.45) is 0 Å². The topological polar surface area (TPSA) is 24.9 Å². The number of hydrogen-bond donors (Lipinski definition) is 1. The number of aromatic nitrogens is 1. The lowest BCUT2D eigenvalue weighted by Crippen LogP contribution is -2.24. The first kappa shape index (κ1) is 14.9. The van der Waals surface area contributed by atoms with Gasteiger partial charge in [-0.25, -0.2) is 8.78 Å². The van der Waals surface area contributed by atoms with Crippen molar-refractivity contribution in [1.82, 2.24) is 10.3 Å². The molecule has 1 unspecified atom stereocenters. The van der Waals surface area contributed by atoms with Gasteiger partial charge in [0.25, 0.3) is 0 Å². The summed E-state index contributed by atoms with van der Waals surface area (Å²) in [6.07, 6.45) is 1.92. The van der Waals surface area contributed by atoms with Crippen LogP contribution in [0.5, 0.6) is 0 Å². The second kappa shape index (κ2) is 6.77. The van der Waals surface area contributed by atoms with Crippen molar-refractivity contribution in [1.29, 1.82) is 0 Å². The zero-order valence-corrected chi connectivity index (χ0v) is 11.8. The Labute approximate surface area is 121 Å². The molecule has 1 atom stereocenters. The van der Waals surface area contributed by atoms with Crippen LogP contribution in [0.2, 0.25) is 5.02 Å². The molecular weight excluding hydrogens is 282 g/mol. The molecule has 0 spiro atoms. The van der Waals surface area contributed by atoms with Gasteiger partial charge in [0.2, 0.25) is 0 Å². The van der Waals surface area contributed by atoms with E-state index in [9.17, 15) is 8.78 Å². The molecule has 1 N–H and O–H groups in total. The molecule has 20 heavy (non-hydrogen) atoms. The average Bonchev–Trinajstić information content (AvgIpc) is 2.43. The fraction of sp³-hybridized carbons (Fsp3) is 0.267. The predicted molar refractivity (Wildman–Crippen MR) is 75.7 cm³/mol. The summed E-state index contributed by atoms with van der Waals surface area (Å²) in [5.41, 5.74) is 0.942. The number of likely N-dealkylation sites (N-methyl/N-ethyl adjacent to an activating group) is 1. The van der Waals surface area contributed by atoms with Crippen molar-refractivity contribution in [3.63, 3.8) is 0 Å². The lowest BCUT2D eigenvalue weighted by Gasteiger charge is -2.19. The van der Waals surface area contributed by atoms with E-state index in [4.69, 9.17) is 11.6 Å². The van der Waals surface area contributed by atoms with Gasteiger partial charge in [0.1, 0.15) is 11.6 Å². The summed E-state index contributed by atoms with van der Waals surface area (Å²) < 4.78 is 27.0. The molecular formula is C15H15ClF2N2. The molecule has 0 radical (unpaired) electrons. The summed E-state index contributed by atoms with van der Waals surface area (Å²) >= 11 is 6.12. The highest BCUT2D eigenvalue weighted by Gasteiger charge is 2.18. The Morgan fingerprint density at radius 1 is 1.30 bits per heavy atom. The average molecular weight is 297 g/mol. The summed E-state index contributed by atoms with van der Waals surface area (Å²) in [5, 5.41) is 3.71. The highest BCUT2D eigenvalue weighted by atomic mass is 35.5. The van der Waals surface area contributed by atoms with Gasteiger partial charge in [-0.2, -0.15) is 0 Å². The minimum Gasteiger partial charge on any atom is -0.309 e. The molecule has 0 saturated carbocycles. The summed E-state index contributed by atoms with van der Waals surface area (Å²) in [7, 11) is 0. The predicted octanol–water partition coefficient (Wildman–Crippen LogP) is 3.91. The molecule has 0 bridgehead atoms. The molecule has 1 aromatic carbocycles. The maximum atomic E-state index is 13.7. The number of nitrogens with one attached hydrogen (secondary N) is 1. The maximum Gasteiger partial charge on any atom is 0.126 e. The molecule has 0 aliphatic heterocycles. The monoisotopic (exact) mass is 296 g/mol. The van der Waals surface area contributed by atoms with E-state index in [-0.39, 0.29) is 12.5 Å². The first-order chi connectivity index (χ1) is 9.61. The molecule has 0 amide bonds. The van der Waals surface area contributed by atoms with E-state index in [1.54, 1.807) is 18.3 Å². The van der Waals surface area contributed by atoms with Crippen molar-refractivity contribution in [3.05, 3.63) is 64.4 Å². The molecule has 5 heteroatoms. The Bertz CT molecular complexity index is 590. The Morgan fingerprint density at radius 2 is 2.10 bits per heavy atom. The second-order valence-corrected chi connectivity index (χ2v) is 4.83. The number of nitrogens with zero attached hydrogens (tertiary/aromatic N) is 1. The number of pyridine rings is 1. The van der Waals surface area contributed by atoms with E-state index in [0.717, 1.165) is 12.1 Å². The van der Waals surface area contributed by atoms with E-state index in [1.165, 1.54) is 6.07 Å². The third kappa shape index (κ3) is 3.52. The van der Waals surface area contributed by atoms with Gasteiger partial charge < -0.3 is 5.32 Å². The molecule has 2 nitrogen and oxygen atoms in total. The molecule has 1 aromatic heterocycles. The minimum atomic E-state index is -0.455. The Morgan fingerprint density at radius 3 is 2.80 bits per heavy atom. The second-order valence-electron chi connectivity index (χ2n) is 4.42. The van der Waals surface area contributed by atoms with Crippen LogP contribution in [0.1, 0.15) is 24.2 Å². The lowest BCUT2D eigenvalue weighted by molar-refractivity contribution is 0.513. The summed E-state index contributed by atoms with van der Waals surface area (Å²) in [6.45, 7) is 2.61. The van der Waals surface area contributed by atoms with Crippen molar-refractivity contribution >= 4 is 11.6 Å². The quantitative estimate of drug-likeness (QED) is 0.905. The fourth-order valence-electron chi connectivity index (χ4n) is 2.09. The van der Waals surface area contributed by atoms with E-state index in [0.29, 0.717) is 22.8 Å². The summed E-state index contributed by atoms with van der Waals surface area (Å²) in [5.74, 6) is -0.884. The number of hydrogen-bond acceptors (Lipinski definition) is 2. The largest absolute Gasteiger partial charge is 0.309 e. The number of benzene rings is 1. The third-order valence-corrected chi connectivity index (χ3v) is 3.32. The number of rotatable bonds is 5. The number of halogens is 3. The fourth-order valence-corrected chi connectivity index (χ4v) is 2.34. The van der Waals surface area contributed by atoms with Crippen LogP contribution < -0.4 is 5.32 Å². The summed E-state index contributed by atoms with van der Waals surface area (Å²) in [6, 6.07) is 6.65. The van der Waals surface area contributed by atoms with E-state index in [2.05, 4.69) is 10.3 Å². The van der Waals surface area contributed by atoms with Crippen molar-refractivity contribution in [2.45, 2.75) is 19.4 Å². The highest BCUT2D eigenvalue weighted by Crippen LogP contribution is 2.24. The third-order valence-electron chi connectivity index (χ3n) is 3.00. The van der Waals surface area contributed by atoms with Crippen LogP contribution in [0, 0.1) is 11.6 Å². The van der Waals surface area contributed by atoms with Crippen LogP contribution in [0.4, 0.5) is 8.78 Å². The molecule has 1 heterocycles. The molecule has 2 aromatic rings. The Kier molecular flexibility index (Phi) is 5.04. The van der Waals surface area contributed by atoms with Crippen molar-refractivity contribution < 1.29 is 8.78 Å². The smallest absolute Gasteiger partial charge is 0.126 e. The molecule has 2 rings (SSSR count). The molecule has 106 valence electrons. The Balaban J connectivity index is 2.30. The zero-order valence-electron chi connectivity index (χ0n) is 11.0. The van der Waals surface area contributed by atoms with Gasteiger partial charge in [0.15, 0.2) is 0 Å². The van der Waals surface area contributed by atoms with Crippen LogP contribution in [0.15, 0.2) is 36.5 Å². The first-order valence-corrected chi connectivity index (χ1v) is 6.77. The minimum absolute atomic E-state index is 0.259. The maximum absolute atomic E-state index is 13.7. The Hall–Kier alpha value is -1.52. The zero-order chi connectivity index (χ0) is 14.5. The van der Waals surface area contributed by atoms with Gasteiger partial charge in [-0.15, -0.1) is 0 Å². The first-order valence-electron chi connectivity index (χ1n) is 6.39. The van der Waals surface area contributed by atoms with Crippen LogP contribution in [0.25, 0.3) is 0 Å². The molecule has 0 saturated heterocycles.